The van der Waals surface area contributed by atoms with E-state index < -0.39 is 14.1 Å². The lowest BCUT2D eigenvalue weighted by atomic mass is 10.2. The first-order valence-electron chi connectivity index (χ1n) is 3.83. The lowest BCUT2D eigenvalue weighted by Crippen LogP contribution is -2.04. The minimum atomic E-state index is -0.397. The Labute approximate surface area is 79.4 Å². The van der Waals surface area contributed by atoms with E-state index >= 15 is 0 Å². The number of hydrogen-bond donors (Lipinski definition) is 0. The molecule has 0 N–H and O–H groups in total. The molecule has 0 saturated heterocycles. The average molecular weight is 185 g/mol. The molecule has 0 amide bonds. The summed E-state index contributed by atoms with van der Waals surface area (Å²) in [6, 6.07) is 10.7. The Balaban J connectivity index is 0.000001000. The highest BCUT2D eigenvalue weighted by Gasteiger charge is 2.01. The van der Waals surface area contributed by atoms with E-state index in [-0.39, 0.29) is 12.4 Å². The molecule has 0 heterocycles. The van der Waals surface area contributed by atoms with Gasteiger partial charge in [-0.3, -0.25) is 0 Å². The third-order valence-corrected chi connectivity index (χ3v) is 2.77. The summed E-state index contributed by atoms with van der Waals surface area (Å²) in [5, 5.41) is 1.33. The molecule has 0 atom stereocenters. The molecule has 0 aliphatic rings. The Morgan fingerprint density at radius 3 is 2.09 bits per heavy atom. The van der Waals surface area contributed by atoms with Gasteiger partial charge in [-0.15, -0.1) is 24.0 Å². The van der Waals surface area contributed by atoms with Gasteiger partial charge >= 0.3 is 0 Å². The Bertz CT molecular complexity index is 184. The van der Waals surface area contributed by atoms with Gasteiger partial charge in [-0.05, 0) is 0 Å². The van der Waals surface area contributed by atoms with Crippen molar-refractivity contribution in [1.29, 1.82) is 0 Å². The fourth-order valence-corrected chi connectivity index (χ4v) is 2.30. The maximum atomic E-state index is 2.38. The van der Waals surface area contributed by atoms with E-state index in [2.05, 4.69) is 41.9 Å². The summed E-state index contributed by atoms with van der Waals surface area (Å²) in [5.41, 5.74) is 1.50. The summed E-state index contributed by atoms with van der Waals surface area (Å²) in [6.07, 6.45) is 0. The summed E-state index contributed by atoms with van der Waals surface area (Å²) < 4.78 is 0. The van der Waals surface area contributed by atoms with Gasteiger partial charge in [-0.1, -0.05) is 41.2 Å². The first-order chi connectivity index (χ1) is 4.79. The highest BCUT2D eigenvalue weighted by atomic mass is 35.5. The molecule has 0 bridgehead atoms. The van der Waals surface area contributed by atoms with Crippen LogP contribution in [0.1, 0.15) is 5.56 Å². The van der Waals surface area contributed by atoms with Gasteiger partial charge in [-0.25, -0.2) is 0 Å². The molecule has 0 nitrogen and oxygen atoms in total. The molecule has 0 saturated carbocycles. The summed E-state index contributed by atoms with van der Waals surface area (Å²) in [4.78, 5) is 0. The molecule has 1 aromatic rings. The van der Waals surface area contributed by atoms with Crippen LogP contribution in [0.15, 0.2) is 30.3 Å². The molecule has 0 unspecified atom stereocenters. The van der Waals surface area contributed by atoms with Gasteiger partial charge in [0.1, 0.15) is 0 Å². The van der Waals surface area contributed by atoms with E-state index in [1.807, 2.05) is 0 Å². The van der Waals surface area contributed by atoms with E-state index in [9.17, 15) is 0 Å². The Kier molecular flexibility index (Phi) is 5.68. The van der Waals surface area contributed by atoms with Crippen molar-refractivity contribution < 1.29 is 0 Å². The molecule has 0 aromatic heterocycles. The first kappa shape index (κ1) is 11.0. The number of benzene rings is 1. The van der Waals surface area contributed by atoms with Crippen LogP contribution in [-0.2, 0) is 5.28 Å². The lowest BCUT2D eigenvalue weighted by Gasteiger charge is -1.98. The standard InChI is InChI=1S/C7H7.2CH3.Al.ClH/c1-7-5-3-2-4-6-7;;;;/h2-6H,1H2;2*1H3;;1H. The van der Waals surface area contributed by atoms with E-state index in [0.717, 1.165) is 0 Å². The van der Waals surface area contributed by atoms with Crippen molar-refractivity contribution in [3.05, 3.63) is 35.9 Å². The summed E-state index contributed by atoms with van der Waals surface area (Å²) in [7, 11) is 0. The third-order valence-electron chi connectivity index (χ3n) is 1.49. The van der Waals surface area contributed by atoms with Crippen LogP contribution < -0.4 is 0 Å². The highest BCUT2D eigenvalue weighted by Crippen LogP contribution is 2.01. The fourth-order valence-electron chi connectivity index (χ4n) is 1.09. The van der Waals surface area contributed by atoms with Crippen LogP contribution in [0, 0.1) is 0 Å². The average Bonchev–Trinajstić information content (AvgIpc) is 1.88. The Hall–Kier alpha value is 0.0425. The van der Waals surface area contributed by atoms with Gasteiger partial charge in [0.2, 0.25) is 0 Å². The van der Waals surface area contributed by atoms with Crippen molar-refractivity contribution in [2.75, 3.05) is 0 Å². The molecule has 60 valence electrons. The second-order valence-electron chi connectivity index (χ2n) is 3.08. The second kappa shape index (κ2) is 5.66. The van der Waals surface area contributed by atoms with Crippen molar-refractivity contribution in [2.24, 2.45) is 0 Å². The maximum Gasteiger partial charge on any atom is 0.260 e. The highest BCUT2D eigenvalue weighted by molar-refractivity contribution is 6.55. The second-order valence-corrected chi connectivity index (χ2v) is 6.28. The van der Waals surface area contributed by atoms with Crippen molar-refractivity contribution in [1.82, 2.24) is 0 Å². The van der Waals surface area contributed by atoms with Crippen molar-refractivity contribution >= 4 is 26.6 Å². The topological polar surface area (TPSA) is 0 Å². The van der Waals surface area contributed by atoms with Crippen molar-refractivity contribution in [3.63, 3.8) is 0 Å². The number of halogens is 1. The molecule has 1 rings (SSSR count). The van der Waals surface area contributed by atoms with Crippen molar-refractivity contribution in [2.45, 2.75) is 16.9 Å². The smallest absolute Gasteiger partial charge is 0.147 e. The summed E-state index contributed by atoms with van der Waals surface area (Å²) >= 11 is -0.397. The van der Waals surface area contributed by atoms with E-state index in [1.165, 1.54) is 10.8 Å². The quantitative estimate of drug-likeness (QED) is 0.620. The monoisotopic (exact) mass is 184 g/mol. The third kappa shape index (κ3) is 4.48. The molecule has 11 heavy (non-hydrogen) atoms. The Morgan fingerprint density at radius 1 is 1.09 bits per heavy atom. The number of rotatable bonds is 2. The van der Waals surface area contributed by atoms with Gasteiger partial charge in [0.15, 0.2) is 0 Å². The zero-order valence-electron chi connectivity index (χ0n) is 7.08. The normalized spacial score (nSPS) is 8.55. The summed E-state index contributed by atoms with van der Waals surface area (Å²) in [5.74, 6) is 4.76. The van der Waals surface area contributed by atoms with Crippen LogP contribution in [0.3, 0.4) is 0 Å². The fraction of sp³-hybridized carbons (Fsp3) is 0.333. The maximum absolute atomic E-state index is 2.38. The van der Waals surface area contributed by atoms with Gasteiger partial charge < -0.3 is 0 Å². The van der Waals surface area contributed by atoms with Crippen LogP contribution in [-0.4, -0.2) is 14.1 Å². The minimum Gasteiger partial charge on any atom is -0.147 e. The zero-order chi connectivity index (χ0) is 7.40. The zero-order valence-corrected chi connectivity index (χ0v) is 9.05. The molecule has 0 aliphatic carbocycles. The SMILES string of the molecule is Cl.[CH3][Al]([CH3])[CH2]c1ccccc1. The molecule has 0 aliphatic heterocycles. The van der Waals surface area contributed by atoms with Gasteiger partial charge in [0.25, 0.3) is 14.1 Å². The Morgan fingerprint density at radius 2 is 1.64 bits per heavy atom. The van der Waals surface area contributed by atoms with Gasteiger partial charge in [0.05, 0.1) is 0 Å². The molecular formula is C9H14AlCl. The molecular weight excluding hydrogens is 171 g/mol. The van der Waals surface area contributed by atoms with Gasteiger partial charge in [-0.2, -0.15) is 0 Å². The molecule has 2 heteroatoms. The predicted molar refractivity (Wildman–Crippen MR) is 54.9 cm³/mol. The van der Waals surface area contributed by atoms with E-state index in [4.69, 9.17) is 0 Å². The van der Waals surface area contributed by atoms with Crippen LogP contribution >= 0.6 is 12.4 Å². The predicted octanol–water partition coefficient (Wildman–Crippen LogP) is 2.94. The molecule has 0 fully saturated rings. The minimum absolute atomic E-state index is 0. The van der Waals surface area contributed by atoms with Crippen molar-refractivity contribution in [3.8, 4) is 0 Å². The molecule has 0 radical (unpaired) electrons. The van der Waals surface area contributed by atoms with E-state index in [1.54, 1.807) is 0 Å². The van der Waals surface area contributed by atoms with Crippen LogP contribution in [0.5, 0.6) is 0 Å². The largest absolute Gasteiger partial charge is 0.260 e. The van der Waals surface area contributed by atoms with Crippen LogP contribution in [0.2, 0.25) is 11.6 Å². The van der Waals surface area contributed by atoms with E-state index in [0.29, 0.717) is 0 Å². The van der Waals surface area contributed by atoms with Gasteiger partial charge in [0, 0.05) is 0 Å². The van der Waals surface area contributed by atoms with Crippen LogP contribution in [0.25, 0.3) is 0 Å². The molecule has 0 spiro atoms. The number of hydrogen-bond acceptors (Lipinski definition) is 0. The van der Waals surface area contributed by atoms with Crippen LogP contribution in [0.4, 0.5) is 0 Å². The molecule has 1 aromatic carbocycles. The lowest BCUT2D eigenvalue weighted by molar-refractivity contribution is 1.35. The first-order valence-corrected chi connectivity index (χ1v) is 6.95. The summed E-state index contributed by atoms with van der Waals surface area (Å²) in [6.45, 7) is 0.